The van der Waals surface area contributed by atoms with Gasteiger partial charge in [-0.25, -0.2) is 9.07 Å². The van der Waals surface area contributed by atoms with Gasteiger partial charge < -0.3 is 15.8 Å². The quantitative estimate of drug-likeness (QED) is 0.327. The average Bonchev–Trinajstić information content (AvgIpc) is 3.65. The highest BCUT2D eigenvalue weighted by Gasteiger charge is 2.27. The van der Waals surface area contributed by atoms with Gasteiger partial charge in [0.25, 0.3) is 5.91 Å². The number of aryl methyl sites for hydroxylation is 1. The number of amides is 1. The first-order chi connectivity index (χ1) is 17.5. The molecule has 1 aliphatic carbocycles. The zero-order chi connectivity index (χ0) is 25.1. The van der Waals surface area contributed by atoms with E-state index in [1.165, 1.54) is 0 Å². The van der Waals surface area contributed by atoms with Gasteiger partial charge in [0.1, 0.15) is 11.8 Å². The fourth-order valence-corrected chi connectivity index (χ4v) is 4.22. The summed E-state index contributed by atoms with van der Waals surface area (Å²) in [7, 11) is 0. The Balaban J connectivity index is 1.44. The number of ether oxygens (including phenoxy) is 1. The van der Waals surface area contributed by atoms with Gasteiger partial charge in [-0.2, -0.15) is 5.10 Å². The van der Waals surface area contributed by atoms with E-state index in [4.69, 9.17) is 10.5 Å². The number of nitrogens with one attached hydrogen (secondary N) is 1. The van der Waals surface area contributed by atoms with Gasteiger partial charge in [0.15, 0.2) is 5.82 Å². The van der Waals surface area contributed by atoms with E-state index in [0.29, 0.717) is 41.7 Å². The van der Waals surface area contributed by atoms with Crippen molar-refractivity contribution < 1.29 is 13.9 Å². The summed E-state index contributed by atoms with van der Waals surface area (Å²) in [6.07, 6.45) is 1.72. The van der Waals surface area contributed by atoms with Crippen molar-refractivity contribution >= 4 is 11.6 Å². The molecule has 4 aromatic rings. The number of hydrogen-bond donors (Lipinski definition) is 2. The predicted octanol–water partition coefficient (Wildman–Crippen LogP) is 5.55. The highest BCUT2D eigenvalue weighted by atomic mass is 19.1. The van der Waals surface area contributed by atoms with Gasteiger partial charge in [0.2, 0.25) is 0 Å². The lowest BCUT2D eigenvalue weighted by atomic mass is 10.00. The maximum Gasteiger partial charge on any atom is 0.274 e. The lowest BCUT2D eigenvalue weighted by molar-refractivity contribution is 0.0695. The van der Waals surface area contributed by atoms with Gasteiger partial charge in [0.05, 0.1) is 23.7 Å². The fraction of sp³-hybridized carbons (Fsp3) is 0.241. The molecule has 1 saturated carbocycles. The maximum atomic E-state index is 15.8. The van der Waals surface area contributed by atoms with E-state index < -0.39 is 17.8 Å². The third-order valence-electron chi connectivity index (χ3n) is 6.31. The summed E-state index contributed by atoms with van der Waals surface area (Å²) < 4.78 is 23.6. The number of aromatic nitrogens is 2. The number of hydrogen-bond acceptors (Lipinski definition) is 4. The second kappa shape index (κ2) is 10.4. The van der Waals surface area contributed by atoms with E-state index in [1.54, 1.807) is 28.9 Å². The van der Waals surface area contributed by atoms with E-state index in [9.17, 15) is 4.79 Å². The Morgan fingerprint density at radius 1 is 1.11 bits per heavy atom. The molecule has 1 atom stereocenters. The summed E-state index contributed by atoms with van der Waals surface area (Å²) in [5, 5.41) is 7.22. The molecule has 0 aliphatic heterocycles. The summed E-state index contributed by atoms with van der Waals surface area (Å²) in [6.45, 7) is 2.76. The molecule has 0 radical (unpaired) electrons. The standard InChI is InChI=1S/C29H29FN4O2/c1-19-15-26(34(33-19)23-10-5-7-21(16-23)17-31)29(35)32-25-12-6-11-24(27(25)30)28(36-18-20-13-14-20)22-8-3-2-4-9-22/h2-12,15-16,20,28H,13-14,17-18,31H2,1H3,(H,32,35). The highest BCUT2D eigenvalue weighted by molar-refractivity contribution is 6.03. The number of nitrogens with zero attached hydrogens (tertiary/aromatic N) is 2. The number of benzene rings is 3. The predicted molar refractivity (Wildman–Crippen MR) is 138 cm³/mol. The van der Waals surface area contributed by atoms with Crippen LogP contribution in [-0.2, 0) is 11.3 Å². The summed E-state index contributed by atoms with van der Waals surface area (Å²) in [6, 6.07) is 23.8. The molecule has 184 valence electrons. The van der Waals surface area contributed by atoms with Crippen LogP contribution in [0.1, 0.15) is 51.8 Å². The molecular weight excluding hydrogens is 455 g/mol. The van der Waals surface area contributed by atoms with Crippen molar-refractivity contribution in [3.8, 4) is 5.69 Å². The molecule has 1 unspecified atom stereocenters. The molecule has 3 N–H and O–H groups in total. The Labute approximate surface area is 209 Å². The van der Waals surface area contributed by atoms with Crippen LogP contribution in [0.3, 0.4) is 0 Å². The lowest BCUT2D eigenvalue weighted by Crippen LogP contribution is -2.19. The van der Waals surface area contributed by atoms with Crippen LogP contribution >= 0.6 is 0 Å². The fourth-order valence-electron chi connectivity index (χ4n) is 4.22. The Bertz CT molecular complexity index is 1360. The first kappa shape index (κ1) is 23.9. The Morgan fingerprint density at radius 2 is 1.89 bits per heavy atom. The topological polar surface area (TPSA) is 82.2 Å². The van der Waals surface area contributed by atoms with Crippen molar-refractivity contribution in [2.45, 2.75) is 32.4 Å². The van der Waals surface area contributed by atoms with Gasteiger partial charge in [0, 0.05) is 12.1 Å². The molecule has 7 heteroatoms. The third kappa shape index (κ3) is 5.22. The first-order valence-electron chi connectivity index (χ1n) is 12.2. The second-order valence-electron chi connectivity index (χ2n) is 9.19. The second-order valence-corrected chi connectivity index (χ2v) is 9.19. The molecule has 0 spiro atoms. The average molecular weight is 485 g/mol. The van der Waals surface area contributed by atoms with Crippen LogP contribution in [0.5, 0.6) is 0 Å². The van der Waals surface area contributed by atoms with E-state index >= 15 is 4.39 Å². The minimum atomic E-state index is -0.560. The number of anilines is 1. The molecule has 1 fully saturated rings. The molecule has 1 aromatic heterocycles. The summed E-state index contributed by atoms with van der Waals surface area (Å²) >= 11 is 0. The van der Waals surface area contributed by atoms with E-state index in [2.05, 4.69) is 10.4 Å². The smallest absolute Gasteiger partial charge is 0.274 e. The summed E-state index contributed by atoms with van der Waals surface area (Å²) in [5.74, 6) is -0.438. The van der Waals surface area contributed by atoms with Gasteiger partial charge >= 0.3 is 0 Å². The van der Waals surface area contributed by atoms with Gasteiger partial charge in [-0.05, 0) is 61.1 Å². The number of rotatable bonds is 9. The molecule has 5 rings (SSSR count). The molecule has 1 amide bonds. The molecule has 1 heterocycles. The third-order valence-corrected chi connectivity index (χ3v) is 6.31. The van der Waals surface area contributed by atoms with E-state index in [0.717, 1.165) is 24.0 Å². The van der Waals surface area contributed by atoms with Crippen LogP contribution in [0.25, 0.3) is 5.69 Å². The summed E-state index contributed by atoms with van der Waals surface area (Å²) in [4.78, 5) is 13.3. The lowest BCUT2D eigenvalue weighted by Gasteiger charge is -2.21. The van der Waals surface area contributed by atoms with E-state index in [1.807, 2.05) is 61.5 Å². The number of carbonyl (C=O) groups excluding carboxylic acids is 1. The van der Waals surface area contributed by atoms with Crippen LogP contribution in [0, 0.1) is 18.7 Å². The monoisotopic (exact) mass is 484 g/mol. The van der Waals surface area contributed by atoms with Crippen molar-refractivity contribution in [2.24, 2.45) is 11.7 Å². The van der Waals surface area contributed by atoms with Crippen LogP contribution in [-0.4, -0.2) is 22.3 Å². The maximum absolute atomic E-state index is 15.8. The van der Waals surface area contributed by atoms with Crippen molar-refractivity contribution in [3.05, 3.63) is 113 Å². The van der Waals surface area contributed by atoms with Gasteiger partial charge in [-0.1, -0.05) is 54.6 Å². The van der Waals surface area contributed by atoms with Gasteiger partial charge in [-0.3, -0.25) is 4.79 Å². The molecule has 0 saturated heterocycles. The normalized spacial score (nSPS) is 14.0. The van der Waals surface area contributed by atoms with Crippen molar-refractivity contribution in [1.29, 1.82) is 0 Å². The molecule has 3 aromatic carbocycles. The van der Waals surface area contributed by atoms with Crippen LogP contribution in [0.2, 0.25) is 0 Å². The van der Waals surface area contributed by atoms with Crippen LogP contribution < -0.4 is 11.1 Å². The minimum absolute atomic E-state index is 0.0922. The molecule has 1 aliphatic rings. The Hall–Kier alpha value is -3.81. The largest absolute Gasteiger partial charge is 0.368 e. The van der Waals surface area contributed by atoms with Crippen molar-refractivity contribution in [3.63, 3.8) is 0 Å². The first-order valence-corrected chi connectivity index (χ1v) is 12.2. The van der Waals surface area contributed by atoms with Crippen molar-refractivity contribution in [1.82, 2.24) is 9.78 Å². The van der Waals surface area contributed by atoms with Crippen molar-refractivity contribution in [2.75, 3.05) is 11.9 Å². The van der Waals surface area contributed by atoms with E-state index in [-0.39, 0.29) is 5.69 Å². The highest BCUT2D eigenvalue weighted by Crippen LogP contribution is 2.35. The molecular formula is C29H29FN4O2. The number of halogens is 1. The zero-order valence-corrected chi connectivity index (χ0v) is 20.2. The minimum Gasteiger partial charge on any atom is -0.368 e. The Morgan fingerprint density at radius 3 is 2.64 bits per heavy atom. The number of carbonyl (C=O) groups is 1. The molecule has 36 heavy (non-hydrogen) atoms. The molecule has 0 bridgehead atoms. The molecule has 6 nitrogen and oxygen atoms in total. The van der Waals surface area contributed by atoms with Gasteiger partial charge in [-0.15, -0.1) is 0 Å². The van der Waals surface area contributed by atoms with Crippen LogP contribution in [0.15, 0.2) is 78.9 Å². The number of nitrogens with two attached hydrogens (primary N) is 1. The van der Waals surface area contributed by atoms with Crippen LogP contribution in [0.4, 0.5) is 10.1 Å². The zero-order valence-electron chi connectivity index (χ0n) is 20.2. The summed E-state index contributed by atoms with van der Waals surface area (Å²) in [5.41, 5.74) is 9.74. The SMILES string of the molecule is Cc1cc(C(=O)Nc2cccc(C(OCC3CC3)c3ccccc3)c2F)n(-c2cccc(CN)c2)n1. The Kier molecular flexibility index (Phi) is 6.93.